The molecule has 1 aliphatic heterocycles. The van der Waals surface area contributed by atoms with Crippen molar-refractivity contribution < 1.29 is 13.6 Å². The average Bonchev–Trinajstić information content (AvgIpc) is 3.03. The van der Waals surface area contributed by atoms with Gasteiger partial charge in [-0.3, -0.25) is 4.79 Å². The Morgan fingerprint density at radius 2 is 1.89 bits per heavy atom. The van der Waals surface area contributed by atoms with Crippen LogP contribution in [0.2, 0.25) is 0 Å². The van der Waals surface area contributed by atoms with Gasteiger partial charge in [0.1, 0.15) is 22.7 Å². The Balaban J connectivity index is 1.68. The first-order valence-electron chi connectivity index (χ1n) is 8.19. The summed E-state index contributed by atoms with van der Waals surface area (Å²) in [5.74, 6) is -0.635. The minimum absolute atomic E-state index is 0.101. The van der Waals surface area contributed by atoms with Gasteiger partial charge < -0.3 is 10.7 Å². The average molecular weight is 387 g/mol. The van der Waals surface area contributed by atoms with Crippen LogP contribution in [0.1, 0.15) is 17.4 Å². The van der Waals surface area contributed by atoms with Crippen LogP contribution in [-0.4, -0.2) is 26.0 Å². The van der Waals surface area contributed by atoms with E-state index in [9.17, 15) is 13.6 Å². The summed E-state index contributed by atoms with van der Waals surface area (Å²) in [7, 11) is 0. The Morgan fingerprint density at radius 3 is 2.63 bits per heavy atom. The second-order valence-corrected chi connectivity index (χ2v) is 7.14. The molecule has 1 aliphatic rings. The van der Waals surface area contributed by atoms with Crippen LogP contribution in [0.4, 0.5) is 14.5 Å². The maximum Gasteiger partial charge on any atom is 0.240 e. The van der Waals surface area contributed by atoms with Gasteiger partial charge >= 0.3 is 0 Å². The van der Waals surface area contributed by atoms with E-state index in [1.165, 1.54) is 36.0 Å². The molecule has 2 heterocycles. The van der Waals surface area contributed by atoms with E-state index in [0.717, 1.165) is 5.56 Å². The summed E-state index contributed by atoms with van der Waals surface area (Å²) >= 11 is 1.22. The lowest BCUT2D eigenvalue weighted by molar-refractivity contribution is -0.116. The van der Waals surface area contributed by atoms with E-state index < -0.39 is 17.1 Å². The molecule has 0 unspecified atom stereocenters. The standard InChI is InChI=1S/C18H15F2N5OS/c1-10-22-23-18-25(10)24-15(11-6-8-12(19)9-7-11)16(27-18)17(26)21-14-5-3-2-4-13(14)20/h2-9,15-16,24H,1H3,(H,21,26)/t15-,16-/m1/s1. The number of benzene rings is 2. The quantitative estimate of drug-likeness (QED) is 0.722. The summed E-state index contributed by atoms with van der Waals surface area (Å²) in [4.78, 5) is 12.9. The highest BCUT2D eigenvalue weighted by atomic mass is 32.2. The lowest BCUT2D eigenvalue weighted by Crippen LogP contribution is -2.41. The normalized spacial score (nSPS) is 18.5. The molecular weight excluding hydrogens is 372 g/mol. The van der Waals surface area contributed by atoms with Crippen LogP contribution in [0, 0.1) is 18.6 Å². The molecule has 0 spiro atoms. The van der Waals surface area contributed by atoms with E-state index in [1.54, 1.807) is 35.9 Å². The van der Waals surface area contributed by atoms with Crippen molar-refractivity contribution in [3.63, 3.8) is 0 Å². The van der Waals surface area contributed by atoms with E-state index in [0.29, 0.717) is 11.0 Å². The summed E-state index contributed by atoms with van der Waals surface area (Å²) in [6.07, 6.45) is 0. The summed E-state index contributed by atoms with van der Waals surface area (Å²) < 4.78 is 28.9. The number of nitrogens with one attached hydrogen (secondary N) is 2. The number of carbonyl (C=O) groups is 1. The number of anilines is 1. The smallest absolute Gasteiger partial charge is 0.240 e. The summed E-state index contributed by atoms with van der Waals surface area (Å²) in [5.41, 5.74) is 4.03. The highest BCUT2D eigenvalue weighted by molar-refractivity contribution is 8.00. The van der Waals surface area contributed by atoms with Crippen LogP contribution < -0.4 is 10.7 Å². The molecule has 1 aromatic heterocycles. The third-order valence-corrected chi connectivity index (χ3v) is 5.43. The van der Waals surface area contributed by atoms with Gasteiger partial charge in [-0.15, -0.1) is 10.2 Å². The molecule has 0 saturated heterocycles. The molecule has 138 valence electrons. The fourth-order valence-corrected chi connectivity index (χ4v) is 3.97. The van der Waals surface area contributed by atoms with Gasteiger partial charge in [-0.05, 0) is 36.8 Å². The van der Waals surface area contributed by atoms with E-state index >= 15 is 0 Å². The topological polar surface area (TPSA) is 71.8 Å². The highest BCUT2D eigenvalue weighted by Gasteiger charge is 2.37. The second-order valence-electron chi connectivity index (χ2n) is 6.03. The first-order chi connectivity index (χ1) is 13.0. The molecular formula is C18H15F2N5OS. The van der Waals surface area contributed by atoms with Gasteiger partial charge in [-0.2, -0.15) is 0 Å². The van der Waals surface area contributed by atoms with Gasteiger partial charge in [0, 0.05) is 0 Å². The fraction of sp³-hybridized carbons (Fsp3) is 0.167. The van der Waals surface area contributed by atoms with Crippen LogP contribution in [0.15, 0.2) is 53.7 Å². The van der Waals surface area contributed by atoms with Crippen LogP contribution in [-0.2, 0) is 4.79 Å². The van der Waals surface area contributed by atoms with Crippen LogP contribution in [0.25, 0.3) is 0 Å². The molecule has 0 fully saturated rings. The van der Waals surface area contributed by atoms with E-state index in [-0.39, 0.29) is 17.4 Å². The van der Waals surface area contributed by atoms with Gasteiger partial charge in [0.15, 0.2) is 0 Å². The molecule has 4 rings (SSSR count). The van der Waals surface area contributed by atoms with Gasteiger partial charge in [-0.1, -0.05) is 36.0 Å². The minimum atomic E-state index is -0.661. The number of aromatic nitrogens is 3. The Bertz CT molecular complexity index is 992. The zero-order valence-corrected chi connectivity index (χ0v) is 15.0. The maximum absolute atomic E-state index is 13.9. The monoisotopic (exact) mass is 387 g/mol. The Kier molecular flexibility index (Phi) is 4.53. The van der Waals surface area contributed by atoms with Crippen molar-refractivity contribution in [1.82, 2.24) is 14.9 Å². The number of fused-ring (bicyclic) bond motifs is 1. The maximum atomic E-state index is 13.9. The van der Waals surface area contributed by atoms with Crippen molar-refractivity contribution in [3.05, 3.63) is 71.6 Å². The van der Waals surface area contributed by atoms with E-state index in [1.807, 2.05) is 0 Å². The number of rotatable bonds is 3. The van der Waals surface area contributed by atoms with Crippen LogP contribution in [0.5, 0.6) is 0 Å². The van der Waals surface area contributed by atoms with Gasteiger partial charge in [-0.25, -0.2) is 13.5 Å². The predicted molar refractivity (Wildman–Crippen MR) is 97.9 cm³/mol. The number of hydrogen-bond donors (Lipinski definition) is 2. The number of nitrogens with zero attached hydrogens (tertiary/aromatic N) is 3. The molecule has 3 aromatic rings. The lowest BCUT2D eigenvalue weighted by Gasteiger charge is -2.32. The second kappa shape index (κ2) is 6.99. The van der Waals surface area contributed by atoms with Crippen molar-refractivity contribution in [2.75, 3.05) is 10.7 Å². The number of hydrogen-bond acceptors (Lipinski definition) is 5. The number of aryl methyl sites for hydroxylation is 1. The molecule has 27 heavy (non-hydrogen) atoms. The number of thioether (sulfide) groups is 1. The summed E-state index contributed by atoms with van der Waals surface area (Å²) in [6.45, 7) is 1.78. The van der Waals surface area contributed by atoms with Gasteiger partial charge in [0.2, 0.25) is 11.1 Å². The van der Waals surface area contributed by atoms with Crippen molar-refractivity contribution in [1.29, 1.82) is 0 Å². The molecule has 2 aromatic carbocycles. The minimum Gasteiger partial charge on any atom is -0.323 e. The fourth-order valence-electron chi connectivity index (χ4n) is 2.85. The van der Waals surface area contributed by atoms with Gasteiger partial charge in [0.05, 0.1) is 11.7 Å². The zero-order chi connectivity index (χ0) is 19.0. The Hall–Kier alpha value is -2.94. The third-order valence-electron chi connectivity index (χ3n) is 4.22. The first kappa shape index (κ1) is 17.5. The van der Waals surface area contributed by atoms with E-state index in [2.05, 4.69) is 20.9 Å². The van der Waals surface area contributed by atoms with Crippen molar-refractivity contribution >= 4 is 23.4 Å². The zero-order valence-electron chi connectivity index (χ0n) is 14.2. The summed E-state index contributed by atoms with van der Waals surface area (Å²) in [5, 5.41) is 10.6. The number of para-hydroxylation sites is 1. The predicted octanol–water partition coefficient (Wildman–Crippen LogP) is 3.26. The molecule has 2 N–H and O–H groups in total. The largest absolute Gasteiger partial charge is 0.323 e. The SMILES string of the molecule is Cc1nnc2n1N[C@H](c1ccc(F)cc1)[C@H](C(=O)Nc1ccccc1F)S2. The molecule has 0 bridgehead atoms. The van der Waals surface area contributed by atoms with Gasteiger partial charge in [0.25, 0.3) is 0 Å². The van der Waals surface area contributed by atoms with Crippen molar-refractivity contribution in [2.24, 2.45) is 0 Å². The molecule has 0 radical (unpaired) electrons. The number of amides is 1. The van der Waals surface area contributed by atoms with Crippen molar-refractivity contribution in [2.45, 2.75) is 23.4 Å². The van der Waals surface area contributed by atoms with Crippen LogP contribution in [0.3, 0.4) is 0 Å². The Morgan fingerprint density at radius 1 is 1.15 bits per heavy atom. The third kappa shape index (κ3) is 3.37. The lowest BCUT2D eigenvalue weighted by atomic mass is 10.0. The molecule has 9 heteroatoms. The molecule has 0 aliphatic carbocycles. The Labute approximate surface area is 158 Å². The van der Waals surface area contributed by atoms with E-state index in [4.69, 9.17) is 0 Å². The highest BCUT2D eigenvalue weighted by Crippen LogP contribution is 2.37. The molecule has 6 nitrogen and oxygen atoms in total. The number of carbonyl (C=O) groups excluding carboxylic acids is 1. The molecule has 1 amide bonds. The molecule has 0 saturated carbocycles. The summed E-state index contributed by atoms with van der Waals surface area (Å²) in [6, 6.07) is 11.4. The van der Waals surface area contributed by atoms with Crippen LogP contribution >= 0.6 is 11.8 Å². The first-order valence-corrected chi connectivity index (χ1v) is 9.07. The van der Waals surface area contributed by atoms with Crippen molar-refractivity contribution in [3.8, 4) is 0 Å². The molecule has 2 atom stereocenters. The number of halogens is 2.